The van der Waals surface area contributed by atoms with Crippen LogP contribution < -0.4 is 5.32 Å². The van der Waals surface area contributed by atoms with Crippen LogP contribution >= 0.6 is 22.7 Å². The van der Waals surface area contributed by atoms with Gasteiger partial charge in [-0.2, -0.15) is 0 Å². The van der Waals surface area contributed by atoms with Gasteiger partial charge in [0.1, 0.15) is 0 Å². The molecule has 4 heteroatoms. The molecule has 0 spiro atoms. The number of nitrogens with zero attached hydrogens (tertiary/aromatic N) is 1. The van der Waals surface area contributed by atoms with E-state index in [0.29, 0.717) is 12.0 Å². The minimum Gasteiger partial charge on any atom is -0.310 e. The Bertz CT molecular complexity index is 513. The highest BCUT2D eigenvalue weighted by Gasteiger charge is 2.13. The number of thiophene rings is 1. The molecule has 20 heavy (non-hydrogen) atoms. The molecule has 0 saturated carbocycles. The molecule has 0 aliphatic carbocycles. The number of thiazole rings is 1. The summed E-state index contributed by atoms with van der Waals surface area (Å²) < 4.78 is 0. The molecule has 2 aromatic heterocycles. The molecule has 0 fully saturated rings. The van der Waals surface area contributed by atoms with Gasteiger partial charge >= 0.3 is 0 Å². The summed E-state index contributed by atoms with van der Waals surface area (Å²) in [5.41, 5.74) is 1.30. The van der Waals surface area contributed by atoms with Crippen molar-refractivity contribution in [1.82, 2.24) is 10.3 Å². The number of hydrogen-bond acceptors (Lipinski definition) is 4. The summed E-state index contributed by atoms with van der Waals surface area (Å²) in [5.74, 6) is 0.657. The van der Waals surface area contributed by atoms with Crippen molar-refractivity contribution in [1.29, 1.82) is 0 Å². The first-order valence-corrected chi connectivity index (χ1v) is 8.97. The van der Waals surface area contributed by atoms with Gasteiger partial charge in [-0.3, -0.25) is 0 Å². The predicted molar refractivity (Wildman–Crippen MR) is 89.8 cm³/mol. The Kier molecular flexibility index (Phi) is 5.75. The summed E-state index contributed by atoms with van der Waals surface area (Å²) in [6.45, 7) is 9.85. The largest absolute Gasteiger partial charge is 0.310 e. The third-order valence-corrected chi connectivity index (χ3v) is 4.97. The zero-order valence-electron chi connectivity index (χ0n) is 12.8. The summed E-state index contributed by atoms with van der Waals surface area (Å²) in [6, 6.07) is 4.83. The normalized spacial score (nSPS) is 11.7. The van der Waals surface area contributed by atoms with Crippen LogP contribution in [0.2, 0.25) is 0 Å². The smallest absolute Gasteiger partial charge is 0.0983 e. The minimum absolute atomic E-state index is 0.518. The second kappa shape index (κ2) is 7.34. The first-order valence-electron chi connectivity index (χ1n) is 7.27. The van der Waals surface area contributed by atoms with Gasteiger partial charge in [-0.05, 0) is 23.8 Å². The van der Waals surface area contributed by atoms with Gasteiger partial charge in [-0.15, -0.1) is 22.7 Å². The van der Waals surface area contributed by atoms with E-state index in [-0.39, 0.29) is 0 Å². The molecule has 0 unspecified atom stereocenters. The van der Waals surface area contributed by atoms with E-state index >= 15 is 0 Å². The Morgan fingerprint density at radius 3 is 2.65 bits per heavy atom. The van der Waals surface area contributed by atoms with E-state index in [4.69, 9.17) is 4.98 Å². The Morgan fingerprint density at radius 2 is 2.05 bits per heavy atom. The highest BCUT2D eigenvalue weighted by Crippen LogP contribution is 2.25. The van der Waals surface area contributed by atoms with Crippen LogP contribution in [0, 0.1) is 5.92 Å². The van der Waals surface area contributed by atoms with Gasteiger partial charge < -0.3 is 5.32 Å². The zero-order chi connectivity index (χ0) is 14.5. The second-order valence-electron chi connectivity index (χ2n) is 5.87. The first-order chi connectivity index (χ1) is 9.54. The summed E-state index contributed by atoms with van der Waals surface area (Å²) in [6.07, 6.45) is 2.06. The van der Waals surface area contributed by atoms with Crippen LogP contribution in [0.4, 0.5) is 0 Å². The van der Waals surface area contributed by atoms with Gasteiger partial charge in [-0.25, -0.2) is 4.98 Å². The van der Waals surface area contributed by atoms with Crippen LogP contribution in [-0.2, 0) is 19.4 Å². The molecule has 1 N–H and O–H groups in total. The molecule has 2 rings (SSSR count). The Morgan fingerprint density at radius 1 is 1.25 bits per heavy atom. The van der Waals surface area contributed by atoms with E-state index in [0.717, 1.165) is 19.4 Å². The molecule has 0 aliphatic rings. The number of nitrogens with one attached hydrogen (secondary N) is 1. The van der Waals surface area contributed by atoms with E-state index in [1.807, 2.05) is 22.7 Å². The third kappa shape index (κ3) is 4.69. The SMILES string of the molecule is CC(C)Cc1nc(Cc2cccs2)sc1CNC(C)C. The second-order valence-corrected chi connectivity index (χ2v) is 8.07. The fraction of sp³-hybridized carbons (Fsp3) is 0.562. The molecule has 0 aromatic carbocycles. The van der Waals surface area contributed by atoms with Gasteiger partial charge in [0, 0.05) is 28.8 Å². The lowest BCUT2D eigenvalue weighted by atomic mass is 10.1. The average molecular weight is 309 g/mol. The maximum atomic E-state index is 4.89. The van der Waals surface area contributed by atoms with E-state index < -0.39 is 0 Å². The van der Waals surface area contributed by atoms with Crippen molar-refractivity contribution in [3.05, 3.63) is 38.0 Å². The minimum atomic E-state index is 0.518. The monoisotopic (exact) mass is 308 g/mol. The molecule has 2 nitrogen and oxygen atoms in total. The van der Waals surface area contributed by atoms with E-state index in [9.17, 15) is 0 Å². The summed E-state index contributed by atoms with van der Waals surface area (Å²) in [7, 11) is 0. The average Bonchev–Trinajstić information content (AvgIpc) is 2.97. The number of aromatic nitrogens is 1. The Labute approximate surface area is 130 Å². The van der Waals surface area contributed by atoms with Crippen LogP contribution in [0.25, 0.3) is 0 Å². The van der Waals surface area contributed by atoms with Crippen molar-refractivity contribution in [2.24, 2.45) is 5.92 Å². The molecule has 0 amide bonds. The summed E-state index contributed by atoms with van der Waals surface area (Å²) in [5, 5.41) is 6.91. The molecule has 0 bridgehead atoms. The van der Waals surface area contributed by atoms with Gasteiger partial charge in [0.05, 0.1) is 10.7 Å². The van der Waals surface area contributed by atoms with E-state index in [1.54, 1.807) is 0 Å². The lowest BCUT2D eigenvalue weighted by Gasteiger charge is -2.08. The van der Waals surface area contributed by atoms with E-state index in [1.165, 1.54) is 20.5 Å². The predicted octanol–water partition coefficient (Wildman–Crippen LogP) is 4.49. The maximum Gasteiger partial charge on any atom is 0.0983 e. The molecule has 2 heterocycles. The molecule has 0 aliphatic heterocycles. The van der Waals surface area contributed by atoms with Crippen LogP contribution in [0.15, 0.2) is 17.5 Å². The lowest BCUT2D eigenvalue weighted by molar-refractivity contribution is 0.581. The maximum absolute atomic E-state index is 4.89. The highest BCUT2D eigenvalue weighted by molar-refractivity contribution is 7.12. The van der Waals surface area contributed by atoms with Crippen molar-refractivity contribution >= 4 is 22.7 Å². The number of rotatable bonds is 7. The first kappa shape index (κ1) is 15.7. The summed E-state index contributed by atoms with van der Waals surface area (Å²) >= 11 is 3.69. The van der Waals surface area contributed by atoms with Gasteiger partial charge in [0.25, 0.3) is 0 Å². The van der Waals surface area contributed by atoms with Crippen LogP contribution in [-0.4, -0.2) is 11.0 Å². The lowest BCUT2D eigenvalue weighted by Crippen LogP contribution is -2.22. The van der Waals surface area contributed by atoms with Crippen molar-refractivity contribution in [3.8, 4) is 0 Å². The van der Waals surface area contributed by atoms with Gasteiger partial charge in [0.2, 0.25) is 0 Å². The Balaban J connectivity index is 2.12. The Hall–Kier alpha value is -0.710. The van der Waals surface area contributed by atoms with Crippen molar-refractivity contribution in [3.63, 3.8) is 0 Å². The van der Waals surface area contributed by atoms with Crippen molar-refractivity contribution < 1.29 is 0 Å². The van der Waals surface area contributed by atoms with Gasteiger partial charge in [0.15, 0.2) is 0 Å². The van der Waals surface area contributed by atoms with Crippen LogP contribution in [0.5, 0.6) is 0 Å². The fourth-order valence-electron chi connectivity index (χ4n) is 2.06. The van der Waals surface area contributed by atoms with Crippen molar-refractivity contribution in [2.75, 3.05) is 0 Å². The molecule has 0 atom stereocenters. The quantitative estimate of drug-likeness (QED) is 0.815. The topological polar surface area (TPSA) is 24.9 Å². The third-order valence-electron chi connectivity index (χ3n) is 3.00. The number of hydrogen-bond donors (Lipinski definition) is 1. The highest BCUT2D eigenvalue weighted by atomic mass is 32.1. The summed E-state index contributed by atoms with van der Waals surface area (Å²) in [4.78, 5) is 7.71. The molecule has 2 aromatic rings. The zero-order valence-corrected chi connectivity index (χ0v) is 14.4. The molecular formula is C16H24N2S2. The van der Waals surface area contributed by atoms with E-state index in [2.05, 4.69) is 50.5 Å². The van der Waals surface area contributed by atoms with Crippen LogP contribution in [0.3, 0.4) is 0 Å². The molecule has 110 valence electrons. The molecule has 0 saturated heterocycles. The molecular weight excluding hydrogens is 284 g/mol. The van der Waals surface area contributed by atoms with Crippen molar-refractivity contribution in [2.45, 2.75) is 53.1 Å². The van der Waals surface area contributed by atoms with Crippen LogP contribution in [0.1, 0.15) is 48.2 Å². The molecule has 0 radical (unpaired) electrons. The standard InChI is InChI=1S/C16H24N2S2/c1-11(2)8-14-15(10-17-12(3)4)20-16(18-14)9-13-6-5-7-19-13/h5-7,11-12,17H,8-10H2,1-4H3. The van der Waals surface area contributed by atoms with Gasteiger partial charge in [-0.1, -0.05) is 33.8 Å². The fourth-order valence-corrected chi connectivity index (χ4v) is 3.93.